The first-order valence-corrected chi connectivity index (χ1v) is 9.96. The Bertz CT molecular complexity index is 1010. The van der Waals surface area contributed by atoms with Crippen molar-refractivity contribution in [2.24, 2.45) is 0 Å². The molecule has 4 rings (SSSR count). The molecule has 7 heteroatoms. The molecule has 0 radical (unpaired) electrons. The number of amides is 1. The van der Waals surface area contributed by atoms with Crippen LogP contribution in [0.25, 0.3) is 11.3 Å². The van der Waals surface area contributed by atoms with Crippen LogP contribution in [0.5, 0.6) is 5.75 Å². The Kier molecular flexibility index (Phi) is 5.90. The molecule has 30 heavy (non-hydrogen) atoms. The molecule has 2 aromatic carbocycles. The highest BCUT2D eigenvalue weighted by Gasteiger charge is 2.25. The molecular weight excluding hydrogens is 378 g/mol. The number of benzene rings is 2. The van der Waals surface area contributed by atoms with E-state index in [1.165, 1.54) is 5.56 Å². The van der Waals surface area contributed by atoms with Gasteiger partial charge in [-0.05, 0) is 36.2 Å². The monoisotopic (exact) mass is 403 g/mol. The van der Waals surface area contributed by atoms with Gasteiger partial charge < -0.3 is 15.8 Å². The number of aromatic nitrogens is 2. The zero-order valence-corrected chi connectivity index (χ0v) is 16.9. The molecule has 0 bridgehead atoms. The Morgan fingerprint density at radius 2 is 1.97 bits per heavy atom. The third kappa shape index (κ3) is 4.58. The minimum atomic E-state index is -0.290. The largest absolute Gasteiger partial charge is 0.497 e. The topological polar surface area (TPSA) is 93.4 Å². The number of nitrogens with one attached hydrogen (secondary N) is 1. The molecule has 2 heterocycles. The van der Waals surface area contributed by atoms with Crippen molar-refractivity contribution in [3.8, 4) is 17.0 Å². The van der Waals surface area contributed by atoms with E-state index in [-0.39, 0.29) is 23.5 Å². The Hall–Kier alpha value is -3.45. The lowest BCUT2D eigenvalue weighted by atomic mass is 10.1. The van der Waals surface area contributed by atoms with Crippen LogP contribution in [0.3, 0.4) is 0 Å². The molecule has 0 unspecified atom stereocenters. The maximum absolute atomic E-state index is 12.8. The number of hydrogen-bond donors (Lipinski definition) is 2. The van der Waals surface area contributed by atoms with Gasteiger partial charge in [-0.1, -0.05) is 30.3 Å². The average Bonchev–Trinajstić information content (AvgIpc) is 3.21. The molecule has 1 aromatic heterocycles. The first kappa shape index (κ1) is 19.8. The van der Waals surface area contributed by atoms with Crippen LogP contribution in [0.15, 0.2) is 60.8 Å². The highest BCUT2D eigenvalue weighted by molar-refractivity contribution is 5.97. The normalized spacial score (nSPS) is 16.4. The molecule has 3 N–H and O–H groups in total. The summed E-state index contributed by atoms with van der Waals surface area (Å²) in [5, 5.41) is 3.07. The number of carbonyl (C=O) groups excluding carboxylic acids is 1. The second-order valence-electron chi connectivity index (χ2n) is 7.40. The van der Waals surface area contributed by atoms with Gasteiger partial charge in [0.25, 0.3) is 5.91 Å². The molecule has 1 amide bonds. The van der Waals surface area contributed by atoms with Crippen molar-refractivity contribution in [2.75, 3.05) is 25.9 Å². The van der Waals surface area contributed by atoms with Gasteiger partial charge in [0, 0.05) is 31.2 Å². The van der Waals surface area contributed by atoms with Crippen LogP contribution in [-0.4, -0.2) is 47.0 Å². The SMILES string of the molecule is COc1ccc(-c2cnc(N)c(C(=O)N[C@@H]3CCN(Cc4ccccc4)C3)n2)cc1. The van der Waals surface area contributed by atoms with E-state index in [0.29, 0.717) is 5.69 Å². The molecule has 1 aliphatic rings. The summed E-state index contributed by atoms with van der Waals surface area (Å²) in [6.07, 6.45) is 2.47. The average molecular weight is 403 g/mol. The second-order valence-corrected chi connectivity index (χ2v) is 7.40. The Balaban J connectivity index is 1.42. The van der Waals surface area contributed by atoms with E-state index in [1.54, 1.807) is 13.3 Å². The number of ether oxygens (including phenoxy) is 1. The minimum Gasteiger partial charge on any atom is -0.497 e. The molecule has 0 spiro atoms. The Morgan fingerprint density at radius 3 is 2.70 bits per heavy atom. The van der Waals surface area contributed by atoms with Crippen molar-refractivity contribution < 1.29 is 9.53 Å². The molecule has 1 fully saturated rings. The van der Waals surface area contributed by atoms with Crippen molar-refractivity contribution in [1.29, 1.82) is 0 Å². The number of nitrogens with two attached hydrogens (primary N) is 1. The van der Waals surface area contributed by atoms with Crippen LogP contribution in [0.4, 0.5) is 5.82 Å². The summed E-state index contributed by atoms with van der Waals surface area (Å²) in [6.45, 7) is 2.61. The van der Waals surface area contributed by atoms with Crippen molar-refractivity contribution in [3.63, 3.8) is 0 Å². The first-order valence-electron chi connectivity index (χ1n) is 9.96. The molecule has 0 aliphatic carbocycles. The number of nitrogen functional groups attached to an aromatic ring is 1. The Labute approximate surface area is 175 Å². The number of anilines is 1. The van der Waals surface area contributed by atoms with Crippen LogP contribution in [0.1, 0.15) is 22.5 Å². The summed E-state index contributed by atoms with van der Waals surface area (Å²) in [7, 11) is 1.62. The number of carbonyl (C=O) groups is 1. The van der Waals surface area contributed by atoms with Gasteiger partial charge in [-0.15, -0.1) is 0 Å². The molecule has 154 valence electrons. The molecule has 3 aromatic rings. The van der Waals surface area contributed by atoms with Crippen molar-refractivity contribution in [3.05, 3.63) is 72.1 Å². The maximum atomic E-state index is 12.8. The van der Waals surface area contributed by atoms with Crippen LogP contribution < -0.4 is 15.8 Å². The number of hydrogen-bond acceptors (Lipinski definition) is 6. The van der Waals surface area contributed by atoms with Crippen LogP contribution in [0, 0.1) is 0 Å². The van der Waals surface area contributed by atoms with Crippen LogP contribution >= 0.6 is 0 Å². The molecular formula is C23H25N5O2. The summed E-state index contributed by atoms with van der Waals surface area (Å²) in [5.74, 6) is 0.590. The van der Waals surface area contributed by atoms with E-state index < -0.39 is 0 Å². The third-order valence-corrected chi connectivity index (χ3v) is 5.26. The summed E-state index contributed by atoms with van der Waals surface area (Å²) < 4.78 is 5.18. The molecule has 1 atom stereocenters. The van der Waals surface area contributed by atoms with E-state index in [0.717, 1.165) is 37.4 Å². The van der Waals surface area contributed by atoms with Gasteiger partial charge in [-0.2, -0.15) is 0 Å². The molecule has 7 nitrogen and oxygen atoms in total. The minimum absolute atomic E-state index is 0.0621. The summed E-state index contributed by atoms with van der Waals surface area (Å²) in [5.41, 5.74) is 8.81. The number of methoxy groups -OCH3 is 1. The lowest BCUT2D eigenvalue weighted by molar-refractivity contribution is 0.0933. The van der Waals surface area contributed by atoms with Crippen LogP contribution in [-0.2, 0) is 6.54 Å². The summed E-state index contributed by atoms with van der Waals surface area (Å²) >= 11 is 0. The zero-order valence-electron chi connectivity index (χ0n) is 16.9. The predicted molar refractivity (Wildman–Crippen MR) is 116 cm³/mol. The van der Waals surface area contributed by atoms with Crippen LogP contribution in [0.2, 0.25) is 0 Å². The Morgan fingerprint density at radius 1 is 1.20 bits per heavy atom. The van der Waals surface area contributed by atoms with Gasteiger partial charge >= 0.3 is 0 Å². The van der Waals surface area contributed by atoms with E-state index in [4.69, 9.17) is 10.5 Å². The number of nitrogens with zero attached hydrogens (tertiary/aromatic N) is 3. The van der Waals surface area contributed by atoms with Gasteiger partial charge in [0.2, 0.25) is 0 Å². The number of rotatable bonds is 6. The lowest BCUT2D eigenvalue weighted by Gasteiger charge is -2.17. The fourth-order valence-electron chi connectivity index (χ4n) is 3.66. The van der Waals surface area contributed by atoms with Gasteiger partial charge in [0.1, 0.15) is 5.75 Å². The van der Waals surface area contributed by atoms with Crippen molar-refractivity contribution in [2.45, 2.75) is 19.0 Å². The maximum Gasteiger partial charge on any atom is 0.274 e. The van der Waals surface area contributed by atoms with Crippen molar-refractivity contribution >= 4 is 11.7 Å². The highest BCUT2D eigenvalue weighted by atomic mass is 16.5. The fourth-order valence-corrected chi connectivity index (χ4v) is 3.66. The van der Waals surface area contributed by atoms with Gasteiger partial charge in [0.15, 0.2) is 11.5 Å². The third-order valence-electron chi connectivity index (χ3n) is 5.26. The van der Waals surface area contributed by atoms with E-state index in [2.05, 4.69) is 32.3 Å². The fraction of sp³-hybridized carbons (Fsp3) is 0.261. The van der Waals surface area contributed by atoms with Crippen molar-refractivity contribution in [1.82, 2.24) is 20.2 Å². The zero-order chi connectivity index (χ0) is 20.9. The van der Waals surface area contributed by atoms with Gasteiger partial charge in [-0.3, -0.25) is 9.69 Å². The molecule has 1 saturated heterocycles. The van der Waals surface area contributed by atoms with E-state index in [9.17, 15) is 4.79 Å². The first-order chi connectivity index (χ1) is 14.6. The van der Waals surface area contributed by atoms with E-state index in [1.807, 2.05) is 42.5 Å². The van der Waals surface area contributed by atoms with Gasteiger partial charge in [0.05, 0.1) is 19.0 Å². The molecule has 0 saturated carbocycles. The van der Waals surface area contributed by atoms with E-state index >= 15 is 0 Å². The number of likely N-dealkylation sites (tertiary alicyclic amines) is 1. The summed E-state index contributed by atoms with van der Waals surface area (Å²) in [4.78, 5) is 23.8. The second kappa shape index (κ2) is 8.92. The predicted octanol–water partition coefficient (Wildman–Crippen LogP) is 2.74. The molecule has 1 aliphatic heterocycles. The quantitative estimate of drug-likeness (QED) is 0.657. The lowest BCUT2D eigenvalue weighted by Crippen LogP contribution is -2.37. The van der Waals surface area contributed by atoms with Gasteiger partial charge in [-0.25, -0.2) is 9.97 Å². The standard InChI is InChI=1S/C23H25N5O2/c1-30-19-9-7-17(8-10-19)20-13-25-22(24)21(27-20)23(29)26-18-11-12-28(15-18)14-16-5-3-2-4-6-16/h2-10,13,18H,11-12,14-15H2,1H3,(H2,24,25)(H,26,29)/t18-/m1/s1. The smallest absolute Gasteiger partial charge is 0.274 e. The summed E-state index contributed by atoms with van der Waals surface area (Å²) in [6, 6.07) is 17.8. The highest BCUT2D eigenvalue weighted by Crippen LogP contribution is 2.22.